The van der Waals surface area contributed by atoms with Crippen molar-refractivity contribution in [1.82, 2.24) is 4.90 Å². The Balaban J connectivity index is 3.98. The van der Waals surface area contributed by atoms with Crippen LogP contribution in [0.25, 0.3) is 0 Å². The molecule has 0 fully saturated rings. The lowest BCUT2D eigenvalue weighted by Crippen LogP contribution is -2.36. The molecule has 0 unspecified atom stereocenters. The van der Waals surface area contributed by atoms with Crippen LogP contribution in [0.4, 0.5) is 0 Å². The van der Waals surface area contributed by atoms with Gasteiger partial charge in [0.25, 0.3) is 0 Å². The van der Waals surface area contributed by atoms with Gasteiger partial charge in [0.2, 0.25) is 0 Å². The maximum absolute atomic E-state index is 10.7. The van der Waals surface area contributed by atoms with Gasteiger partial charge in [0.05, 0.1) is 0 Å². The van der Waals surface area contributed by atoms with Crippen LogP contribution in [0.1, 0.15) is 6.42 Å². The van der Waals surface area contributed by atoms with Gasteiger partial charge in [-0.05, 0) is 20.5 Å². The summed E-state index contributed by atoms with van der Waals surface area (Å²) in [5.74, 6) is -0.876. The Morgan fingerprint density at radius 2 is 2.08 bits per heavy atom. The van der Waals surface area contributed by atoms with Crippen LogP contribution in [0.2, 0.25) is 0 Å². The topological polar surface area (TPSA) is 105 Å². The standard InChI is InChI=1S/C7H16N4O2/c1-11(2)5(6(12)13)3-4-10-7(8)9/h5H,3-4H2,1-2H3,(H,12,13)(H4,8,9,10)/t5-/m0/s1. The largest absolute Gasteiger partial charge is 0.480 e. The number of aliphatic carboxylic acids is 1. The number of guanidine groups is 1. The van der Waals surface area contributed by atoms with E-state index in [1.165, 1.54) is 0 Å². The van der Waals surface area contributed by atoms with Crippen molar-refractivity contribution in [1.29, 1.82) is 0 Å². The molecular formula is C7H16N4O2. The minimum absolute atomic E-state index is 0.0112. The number of carboxylic acid groups (broad SMARTS) is 1. The van der Waals surface area contributed by atoms with Crippen molar-refractivity contribution in [3.05, 3.63) is 0 Å². The van der Waals surface area contributed by atoms with Gasteiger partial charge in [0.1, 0.15) is 6.04 Å². The van der Waals surface area contributed by atoms with E-state index >= 15 is 0 Å². The quantitative estimate of drug-likeness (QED) is 0.366. The van der Waals surface area contributed by atoms with Crippen molar-refractivity contribution in [2.24, 2.45) is 16.5 Å². The summed E-state index contributed by atoms with van der Waals surface area (Å²) in [6, 6.07) is -0.539. The van der Waals surface area contributed by atoms with Gasteiger partial charge >= 0.3 is 5.97 Å². The number of carbonyl (C=O) groups is 1. The normalized spacial score (nSPS) is 12.5. The smallest absolute Gasteiger partial charge is 0.320 e. The molecule has 0 spiro atoms. The van der Waals surface area contributed by atoms with Gasteiger partial charge in [-0.25, -0.2) is 0 Å². The Bertz CT molecular complexity index is 199. The minimum Gasteiger partial charge on any atom is -0.480 e. The second kappa shape index (κ2) is 5.36. The van der Waals surface area contributed by atoms with Gasteiger partial charge in [0.15, 0.2) is 5.96 Å². The third-order valence-electron chi connectivity index (χ3n) is 1.61. The molecule has 0 saturated heterocycles. The fraction of sp³-hybridized carbons (Fsp3) is 0.714. The van der Waals surface area contributed by atoms with Crippen LogP contribution >= 0.6 is 0 Å². The molecule has 6 heteroatoms. The molecule has 0 aliphatic heterocycles. The molecule has 0 amide bonds. The number of rotatable bonds is 5. The number of likely N-dealkylation sites (N-methyl/N-ethyl adjacent to an activating group) is 1. The Morgan fingerprint density at radius 1 is 1.54 bits per heavy atom. The molecule has 0 heterocycles. The number of hydrogen-bond acceptors (Lipinski definition) is 3. The monoisotopic (exact) mass is 188 g/mol. The van der Waals surface area contributed by atoms with Crippen molar-refractivity contribution in [2.75, 3.05) is 20.6 Å². The molecular weight excluding hydrogens is 172 g/mol. The molecule has 0 aliphatic rings. The first kappa shape index (κ1) is 11.7. The Labute approximate surface area is 77.2 Å². The number of carboxylic acids is 1. The summed E-state index contributed by atoms with van der Waals surface area (Å²) in [5, 5.41) is 8.76. The van der Waals surface area contributed by atoms with E-state index in [4.69, 9.17) is 16.6 Å². The van der Waals surface area contributed by atoms with Crippen molar-refractivity contribution in [3.8, 4) is 0 Å². The molecule has 0 rings (SSSR count). The number of hydrogen-bond donors (Lipinski definition) is 3. The summed E-state index contributed by atoms with van der Waals surface area (Å²) in [4.78, 5) is 16.0. The van der Waals surface area contributed by atoms with Crippen molar-refractivity contribution < 1.29 is 9.90 Å². The van der Waals surface area contributed by atoms with E-state index in [1.807, 2.05) is 0 Å². The van der Waals surface area contributed by atoms with E-state index in [-0.39, 0.29) is 5.96 Å². The van der Waals surface area contributed by atoms with Gasteiger partial charge in [-0.3, -0.25) is 14.7 Å². The molecule has 0 aromatic heterocycles. The first-order chi connectivity index (χ1) is 5.95. The molecule has 5 N–H and O–H groups in total. The second-order valence-electron chi connectivity index (χ2n) is 2.91. The first-order valence-corrected chi connectivity index (χ1v) is 3.89. The fourth-order valence-electron chi connectivity index (χ4n) is 0.918. The molecule has 0 saturated carbocycles. The van der Waals surface area contributed by atoms with Gasteiger partial charge in [-0.15, -0.1) is 0 Å². The zero-order chi connectivity index (χ0) is 10.4. The van der Waals surface area contributed by atoms with E-state index in [9.17, 15) is 4.79 Å². The predicted octanol–water partition coefficient (Wildman–Crippen LogP) is -1.34. The highest BCUT2D eigenvalue weighted by Crippen LogP contribution is 1.99. The van der Waals surface area contributed by atoms with Crippen LogP contribution in [-0.4, -0.2) is 48.6 Å². The lowest BCUT2D eigenvalue weighted by molar-refractivity contribution is -0.142. The molecule has 0 aromatic rings. The Kier molecular flexibility index (Phi) is 4.83. The molecule has 1 atom stereocenters. The zero-order valence-corrected chi connectivity index (χ0v) is 7.90. The van der Waals surface area contributed by atoms with E-state index in [1.54, 1.807) is 19.0 Å². The second-order valence-corrected chi connectivity index (χ2v) is 2.91. The number of aliphatic imine (C=N–C) groups is 1. The fourth-order valence-corrected chi connectivity index (χ4v) is 0.918. The highest BCUT2D eigenvalue weighted by molar-refractivity contribution is 5.76. The van der Waals surface area contributed by atoms with Crippen molar-refractivity contribution in [2.45, 2.75) is 12.5 Å². The summed E-state index contributed by atoms with van der Waals surface area (Å²) in [5.41, 5.74) is 10.2. The molecule has 13 heavy (non-hydrogen) atoms. The average Bonchev–Trinajstić information content (AvgIpc) is 1.95. The first-order valence-electron chi connectivity index (χ1n) is 3.89. The summed E-state index contributed by atoms with van der Waals surface area (Å²) in [6.45, 7) is 0.331. The van der Waals surface area contributed by atoms with Crippen LogP contribution in [0.3, 0.4) is 0 Å². The minimum atomic E-state index is -0.865. The highest BCUT2D eigenvalue weighted by Gasteiger charge is 2.18. The maximum Gasteiger partial charge on any atom is 0.320 e. The third-order valence-corrected chi connectivity index (χ3v) is 1.61. The number of nitrogens with two attached hydrogens (primary N) is 2. The van der Waals surface area contributed by atoms with Crippen molar-refractivity contribution >= 4 is 11.9 Å². The van der Waals surface area contributed by atoms with Crippen molar-refractivity contribution in [3.63, 3.8) is 0 Å². The average molecular weight is 188 g/mol. The summed E-state index contributed by atoms with van der Waals surface area (Å²) in [7, 11) is 3.41. The Morgan fingerprint density at radius 3 is 2.38 bits per heavy atom. The summed E-state index contributed by atoms with van der Waals surface area (Å²) < 4.78 is 0. The molecule has 0 bridgehead atoms. The molecule has 6 nitrogen and oxygen atoms in total. The molecule has 0 aliphatic carbocycles. The third kappa shape index (κ3) is 5.02. The van der Waals surface area contributed by atoms with Gasteiger partial charge in [-0.1, -0.05) is 0 Å². The lowest BCUT2D eigenvalue weighted by Gasteiger charge is -2.18. The van der Waals surface area contributed by atoms with Crippen LogP contribution in [0.15, 0.2) is 4.99 Å². The van der Waals surface area contributed by atoms with Crippen LogP contribution < -0.4 is 11.5 Å². The molecule has 76 valence electrons. The predicted molar refractivity (Wildman–Crippen MR) is 50.4 cm³/mol. The lowest BCUT2D eigenvalue weighted by atomic mass is 10.2. The molecule has 0 radical (unpaired) electrons. The van der Waals surface area contributed by atoms with E-state index in [0.29, 0.717) is 13.0 Å². The van der Waals surface area contributed by atoms with E-state index in [0.717, 1.165) is 0 Å². The van der Waals surface area contributed by atoms with Gasteiger partial charge in [0, 0.05) is 6.54 Å². The SMILES string of the molecule is CN(C)[C@@H](CCN=C(N)N)C(=O)O. The molecule has 0 aromatic carbocycles. The Hall–Kier alpha value is -1.30. The number of nitrogens with zero attached hydrogens (tertiary/aromatic N) is 2. The van der Waals surface area contributed by atoms with Crippen LogP contribution in [0, 0.1) is 0 Å². The van der Waals surface area contributed by atoms with Crippen LogP contribution in [0.5, 0.6) is 0 Å². The highest BCUT2D eigenvalue weighted by atomic mass is 16.4. The summed E-state index contributed by atoms with van der Waals surface area (Å²) in [6.07, 6.45) is 0.403. The summed E-state index contributed by atoms with van der Waals surface area (Å²) >= 11 is 0. The van der Waals surface area contributed by atoms with E-state index < -0.39 is 12.0 Å². The zero-order valence-electron chi connectivity index (χ0n) is 7.90. The van der Waals surface area contributed by atoms with Crippen LogP contribution in [-0.2, 0) is 4.79 Å². The van der Waals surface area contributed by atoms with E-state index in [2.05, 4.69) is 4.99 Å². The van der Waals surface area contributed by atoms with Gasteiger partial charge < -0.3 is 16.6 Å². The maximum atomic E-state index is 10.7. The van der Waals surface area contributed by atoms with Gasteiger partial charge in [-0.2, -0.15) is 0 Å².